The first-order valence-corrected chi connectivity index (χ1v) is 11.7. The maximum Gasteiger partial charge on any atom is 0.337 e. The molecule has 0 aromatic heterocycles. The fourth-order valence-electron chi connectivity index (χ4n) is 3.34. The molecule has 0 bridgehead atoms. The summed E-state index contributed by atoms with van der Waals surface area (Å²) in [4.78, 5) is 24.3. The lowest BCUT2D eigenvalue weighted by molar-refractivity contribution is -0.112. The van der Waals surface area contributed by atoms with Crippen LogP contribution in [0.4, 0.5) is 10.1 Å². The first-order chi connectivity index (χ1) is 16.8. The van der Waals surface area contributed by atoms with Crippen LogP contribution in [-0.2, 0) is 16.0 Å². The van der Waals surface area contributed by atoms with Crippen LogP contribution in [0.2, 0.25) is 0 Å². The van der Waals surface area contributed by atoms with Crippen molar-refractivity contribution in [1.29, 1.82) is 5.26 Å². The number of rotatable bonds is 8. The molecule has 6 nitrogen and oxygen atoms in total. The predicted octanol–water partition coefficient (Wildman–Crippen LogP) is 5.75. The van der Waals surface area contributed by atoms with Crippen LogP contribution in [-0.4, -0.2) is 25.6 Å². The number of methoxy groups -OCH3 is 1. The Morgan fingerprint density at radius 2 is 1.89 bits per heavy atom. The maximum absolute atomic E-state index is 13.6. The van der Waals surface area contributed by atoms with Crippen molar-refractivity contribution in [3.63, 3.8) is 0 Å². The predicted molar refractivity (Wildman–Crippen MR) is 140 cm³/mol. The zero-order valence-electron chi connectivity index (χ0n) is 19.1. The lowest BCUT2D eigenvalue weighted by Crippen LogP contribution is -2.13. The van der Waals surface area contributed by atoms with E-state index in [0.717, 1.165) is 14.7 Å². The number of hydrogen-bond donors (Lipinski definition) is 1. The van der Waals surface area contributed by atoms with Gasteiger partial charge in [0.2, 0.25) is 0 Å². The third kappa shape index (κ3) is 6.90. The molecule has 3 aromatic carbocycles. The molecule has 0 heterocycles. The normalized spacial score (nSPS) is 10.9. The highest BCUT2D eigenvalue weighted by Gasteiger charge is 2.15. The Morgan fingerprint density at radius 1 is 1.14 bits per heavy atom. The molecule has 0 atom stereocenters. The van der Waals surface area contributed by atoms with Gasteiger partial charge >= 0.3 is 5.97 Å². The van der Waals surface area contributed by atoms with Crippen molar-refractivity contribution in [2.75, 3.05) is 19.0 Å². The van der Waals surface area contributed by atoms with E-state index in [2.05, 4.69) is 32.6 Å². The summed E-state index contributed by atoms with van der Waals surface area (Å²) in [5.74, 6) is -0.776. The third-order valence-corrected chi connectivity index (χ3v) is 5.95. The van der Waals surface area contributed by atoms with Crippen LogP contribution in [0.25, 0.3) is 6.08 Å². The number of esters is 1. The number of benzene rings is 3. The Hall–Kier alpha value is -3.71. The zero-order valence-corrected chi connectivity index (χ0v) is 21.3. The number of ether oxygens (including phenoxy) is 2. The molecule has 0 aliphatic heterocycles. The molecule has 8 heteroatoms. The summed E-state index contributed by atoms with van der Waals surface area (Å²) in [7, 11) is 1.29. The molecule has 0 fully saturated rings. The molecule has 0 radical (unpaired) electrons. The van der Waals surface area contributed by atoms with Crippen LogP contribution in [0, 0.1) is 20.7 Å². The molecule has 178 valence electrons. The fourth-order valence-corrected chi connectivity index (χ4v) is 4.16. The topological polar surface area (TPSA) is 88.4 Å². The molecule has 0 spiro atoms. The Morgan fingerprint density at radius 3 is 2.51 bits per heavy atom. The smallest absolute Gasteiger partial charge is 0.337 e. The van der Waals surface area contributed by atoms with E-state index in [9.17, 15) is 19.2 Å². The molecule has 3 rings (SSSR count). The minimum atomic E-state index is -0.588. The van der Waals surface area contributed by atoms with Gasteiger partial charge in [-0.1, -0.05) is 12.1 Å². The number of carbonyl (C=O) groups excluding carboxylic acids is 2. The molecule has 0 unspecified atom stereocenters. The summed E-state index contributed by atoms with van der Waals surface area (Å²) in [5, 5.41) is 12.2. The van der Waals surface area contributed by atoms with Gasteiger partial charge in [0.1, 0.15) is 23.2 Å². The minimum Gasteiger partial charge on any atom is -0.494 e. The first-order valence-electron chi connectivity index (χ1n) is 10.7. The summed E-state index contributed by atoms with van der Waals surface area (Å²) in [5.41, 5.74) is 3.00. The van der Waals surface area contributed by atoms with Gasteiger partial charge in [0.05, 0.1) is 19.3 Å². The highest BCUT2D eigenvalue weighted by Crippen LogP contribution is 2.30. The molecule has 1 amide bonds. The van der Waals surface area contributed by atoms with Gasteiger partial charge in [-0.15, -0.1) is 0 Å². The van der Waals surface area contributed by atoms with Gasteiger partial charge in [0, 0.05) is 21.2 Å². The van der Waals surface area contributed by atoms with E-state index in [1.165, 1.54) is 37.5 Å². The summed E-state index contributed by atoms with van der Waals surface area (Å²) < 4.78 is 25.0. The third-order valence-electron chi connectivity index (χ3n) is 4.99. The van der Waals surface area contributed by atoms with Crippen LogP contribution in [0.5, 0.6) is 5.75 Å². The van der Waals surface area contributed by atoms with Crippen molar-refractivity contribution < 1.29 is 23.5 Å². The maximum atomic E-state index is 13.6. The van der Waals surface area contributed by atoms with Crippen molar-refractivity contribution in [3.05, 3.63) is 97.9 Å². The van der Waals surface area contributed by atoms with Crippen molar-refractivity contribution in [1.82, 2.24) is 0 Å². The highest BCUT2D eigenvalue weighted by molar-refractivity contribution is 14.1. The van der Waals surface area contributed by atoms with E-state index in [4.69, 9.17) is 4.74 Å². The van der Waals surface area contributed by atoms with Gasteiger partial charge in [0.15, 0.2) is 0 Å². The van der Waals surface area contributed by atoms with Crippen LogP contribution in [0.1, 0.15) is 34.0 Å². The second-order valence-corrected chi connectivity index (χ2v) is 8.57. The molecule has 0 saturated heterocycles. The van der Waals surface area contributed by atoms with Crippen molar-refractivity contribution in [2.45, 2.75) is 13.3 Å². The van der Waals surface area contributed by atoms with E-state index < -0.39 is 11.9 Å². The largest absolute Gasteiger partial charge is 0.494 e. The van der Waals surface area contributed by atoms with Gasteiger partial charge in [0.25, 0.3) is 5.91 Å². The molecule has 0 saturated carbocycles. The van der Waals surface area contributed by atoms with Gasteiger partial charge < -0.3 is 14.8 Å². The van der Waals surface area contributed by atoms with Crippen LogP contribution < -0.4 is 10.1 Å². The first kappa shape index (κ1) is 25.9. The SMILES string of the molecule is CCOc1cc(/C=C(\C#N)C(=O)Nc2ccc(C(=O)OC)cc2)cc(I)c1Cc1cccc(F)c1. The lowest BCUT2D eigenvalue weighted by Gasteiger charge is -2.14. The van der Waals surface area contributed by atoms with Crippen molar-refractivity contribution >= 4 is 46.2 Å². The molecule has 0 aliphatic rings. The van der Waals surface area contributed by atoms with E-state index in [1.54, 1.807) is 24.3 Å². The summed E-state index contributed by atoms with van der Waals surface area (Å²) in [6, 6.07) is 18.1. The quantitative estimate of drug-likeness (QED) is 0.158. The van der Waals surface area contributed by atoms with Crippen molar-refractivity contribution in [3.8, 4) is 11.8 Å². The van der Waals surface area contributed by atoms with Crippen LogP contribution in [0.15, 0.2) is 66.2 Å². The number of hydrogen-bond acceptors (Lipinski definition) is 5. The summed E-state index contributed by atoms with van der Waals surface area (Å²) in [6.07, 6.45) is 1.96. The highest BCUT2D eigenvalue weighted by atomic mass is 127. The second kappa shape index (κ2) is 12.1. The average Bonchev–Trinajstić information content (AvgIpc) is 2.84. The molecule has 1 N–H and O–H groups in total. The Bertz CT molecular complexity index is 1310. The van der Waals surface area contributed by atoms with Gasteiger partial charge in [-0.05, 0) is 95.2 Å². The van der Waals surface area contributed by atoms with Crippen molar-refractivity contribution in [2.24, 2.45) is 0 Å². The number of carbonyl (C=O) groups is 2. The van der Waals surface area contributed by atoms with Gasteiger partial charge in [-0.2, -0.15) is 5.26 Å². The number of amides is 1. The zero-order chi connectivity index (χ0) is 25.4. The monoisotopic (exact) mass is 584 g/mol. The Kier molecular flexibility index (Phi) is 8.98. The number of anilines is 1. The van der Waals surface area contributed by atoms with Gasteiger partial charge in [-0.25, -0.2) is 9.18 Å². The Balaban J connectivity index is 1.86. The van der Waals surface area contributed by atoms with Crippen LogP contribution in [0.3, 0.4) is 0 Å². The fraction of sp³-hybridized carbons (Fsp3) is 0.148. The van der Waals surface area contributed by atoms with E-state index in [-0.39, 0.29) is 11.4 Å². The molecule has 35 heavy (non-hydrogen) atoms. The molecule has 3 aromatic rings. The van der Waals surface area contributed by atoms with E-state index in [0.29, 0.717) is 35.6 Å². The summed E-state index contributed by atoms with van der Waals surface area (Å²) in [6.45, 7) is 2.29. The average molecular weight is 584 g/mol. The Labute approximate surface area is 216 Å². The van der Waals surface area contributed by atoms with E-state index in [1.807, 2.05) is 25.1 Å². The lowest BCUT2D eigenvalue weighted by atomic mass is 10.0. The molecule has 0 aliphatic carbocycles. The van der Waals surface area contributed by atoms with Crippen LogP contribution >= 0.6 is 22.6 Å². The number of nitrogens with one attached hydrogen (secondary N) is 1. The number of halogens is 2. The second-order valence-electron chi connectivity index (χ2n) is 7.41. The van der Waals surface area contributed by atoms with E-state index >= 15 is 0 Å². The standard InChI is InChI=1S/C27H22FIN2O4/c1-3-35-25-15-18(14-24(29)23(25)13-17-5-4-6-21(28)12-17)11-20(16-30)26(32)31-22-9-7-19(8-10-22)27(33)34-2/h4-12,14-15H,3,13H2,1-2H3,(H,31,32)/b20-11+. The van der Waals surface area contributed by atoms with Gasteiger partial charge in [-0.3, -0.25) is 4.79 Å². The number of nitrogens with zero attached hydrogens (tertiary/aromatic N) is 1. The number of nitriles is 1. The molecular formula is C27H22FIN2O4. The minimum absolute atomic E-state index is 0.0989. The molecular weight excluding hydrogens is 562 g/mol. The summed E-state index contributed by atoms with van der Waals surface area (Å²) >= 11 is 2.17.